The van der Waals surface area contributed by atoms with Gasteiger partial charge in [-0.25, -0.2) is 0 Å². The molecule has 4 nitrogen and oxygen atoms in total. The minimum absolute atomic E-state index is 0. The van der Waals surface area contributed by atoms with Gasteiger partial charge in [-0.05, 0) is 12.2 Å². The smallest absolute Gasteiger partial charge is 0.187 e. The van der Waals surface area contributed by atoms with Crippen molar-refractivity contribution in [2.45, 2.75) is 6.04 Å². The van der Waals surface area contributed by atoms with Crippen LogP contribution in [-0.2, 0) is 4.79 Å². The number of aliphatic imine (C=N–C) groups is 1. The summed E-state index contributed by atoms with van der Waals surface area (Å²) in [5, 5.41) is 6.93. The summed E-state index contributed by atoms with van der Waals surface area (Å²) < 4.78 is 0. The van der Waals surface area contributed by atoms with Gasteiger partial charge in [-0.3, -0.25) is 15.2 Å². The number of dihydropyridines is 1. The molecule has 0 bridgehead atoms. The van der Waals surface area contributed by atoms with Crippen molar-refractivity contribution in [3.05, 3.63) is 12.2 Å². The molecule has 1 heterocycles. The molecule has 1 aliphatic rings. The van der Waals surface area contributed by atoms with Crippen LogP contribution in [-0.4, -0.2) is 23.9 Å². The first-order chi connectivity index (χ1) is 4.72. The average Bonchev–Trinajstić information content (AvgIpc) is 1.88. The zero-order chi connectivity index (χ0) is 7.56. The molecule has 60 valence electrons. The number of amidine groups is 1. The minimum atomic E-state index is -0.773. The zero-order valence-electron chi connectivity index (χ0n) is 5.65. The van der Waals surface area contributed by atoms with Crippen molar-refractivity contribution < 1.29 is 4.79 Å². The first-order valence-corrected chi connectivity index (χ1v) is 2.79. The topological polar surface area (TPSA) is 79.3 Å². The highest BCUT2D eigenvalue weighted by Gasteiger charge is 2.18. The predicted octanol–water partition coefficient (Wildman–Crippen LogP) is -0.0775. The Bertz CT molecular complexity index is 234. The summed E-state index contributed by atoms with van der Waals surface area (Å²) >= 11 is 0. The van der Waals surface area contributed by atoms with E-state index >= 15 is 0 Å². The van der Waals surface area contributed by atoms with Gasteiger partial charge in [-0.2, -0.15) is 0 Å². The van der Waals surface area contributed by atoms with Crippen molar-refractivity contribution in [2.75, 3.05) is 0 Å². The third kappa shape index (κ3) is 2.16. The Balaban J connectivity index is 0.000001000. The fourth-order valence-corrected chi connectivity index (χ4v) is 0.672. The van der Waals surface area contributed by atoms with Gasteiger partial charge in [0.1, 0.15) is 5.84 Å². The second-order valence-electron chi connectivity index (χ2n) is 1.92. The van der Waals surface area contributed by atoms with E-state index in [0.717, 1.165) is 0 Å². The number of hydrogen-bond donors (Lipinski definition) is 2. The van der Waals surface area contributed by atoms with Crippen LogP contribution < -0.4 is 5.73 Å². The van der Waals surface area contributed by atoms with Gasteiger partial charge in [0.15, 0.2) is 11.8 Å². The molecular weight excluding hydrogens is 166 g/mol. The Kier molecular flexibility index (Phi) is 3.47. The van der Waals surface area contributed by atoms with E-state index < -0.39 is 6.04 Å². The van der Waals surface area contributed by atoms with Crippen LogP contribution >= 0.6 is 12.4 Å². The molecule has 0 amide bonds. The molecule has 0 aliphatic carbocycles. The summed E-state index contributed by atoms with van der Waals surface area (Å²) in [4.78, 5) is 14.5. The maximum Gasteiger partial charge on any atom is 0.187 e. The zero-order valence-corrected chi connectivity index (χ0v) is 6.47. The van der Waals surface area contributed by atoms with E-state index in [2.05, 4.69) is 4.99 Å². The molecule has 0 fully saturated rings. The van der Waals surface area contributed by atoms with Crippen LogP contribution in [0.4, 0.5) is 0 Å². The van der Waals surface area contributed by atoms with E-state index in [0.29, 0.717) is 0 Å². The number of rotatable bonds is 1. The number of halogens is 1. The monoisotopic (exact) mass is 173 g/mol. The summed E-state index contributed by atoms with van der Waals surface area (Å²) in [5.41, 5.74) is 5.07. The number of carbonyl (C=O) groups is 1. The van der Waals surface area contributed by atoms with Crippen molar-refractivity contribution >= 4 is 30.2 Å². The lowest BCUT2D eigenvalue weighted by atomic mass is 10.1. The van der Waals surface area contributed by atoms with Gasteiger partial charge in [0, 0.05) is 6.21 Å². The van der Waals surface area contributed by atoms with E-state index in [-0.39, 0.29) is 24.0 Å². The summed E-state index contributed by atoms with van der Waals surface area (Å²) in [5.74, 6) is -0.430. The summed E-state index contributed by atoms with van der Waals surface area (Å²) in [6.45, 7) is 0. The Morgan fingerprint density at radius 3 is 2.73 bits per heavy atom. The number of nitrogens with one attached hydrogen (secondary N) is 1. The molecule has 0 aromatic rings. The number of allylic oxidation sites excluding steroid dienone is 1. The number of ketones is 1. The van der Waals surface area contributed by atoms with Gasteiger partial charge >= 0.3 is 0 Å². The second kappa shape index (κ2) is 3.88. The van der Waals surface area contributed by atoms with Gasteiger partial charge in [-0.15, -0.1) is 12.4 Å². The molecule has 1 unspecified atom stereocenters. The van der Waals surface area contributed by atoms with Crippen molar-refractivity contribution in [3.63, 3.8) is 0 Å². The summed E-state index contributed by atoms with van der Waals surface area (Å²) in [7, 11) is 0. The summed E-state index contributed by atoms with van der Waals surface area (Å²) in [6.07, 6.45) is 4.36. The standard InChI is InChI=1S/C6H7N3O.ClH/c7-6(8)5-4(10)2-1-3-9-5;/h1-3,5H,(H3,7,8);1H. The summed E-state index contributed by atoms with van der Waals surface area (Å²) in [6, 6.07) is -0.773. The lowest BCUT2D eigenvalue weighted by molar-refractivity contribution is -0.114. The predicted molar refractivity (Wildman–Crippen MR) is 45.6 cm³/mol. The molecule has 5 heteroatoms. The van der Waals surface area contributed by atoms with Crippen LogP contribution in [0.3, 0.4) is 0 Å². The first kappa shape index (κ1) is 9.84. The Hall–Kier alpha value is -1.16. The molecule has 3 N–H and O–H groups in total. The molecule has 11 heavy (non-hydrogen) atoms. The van der Waals surface area contributed by atoms with Gasteiger partial charge in [0.25, 0.3) is 0 Å². The lowest BCUT2D eigenvalue weighted by Crippen LogP contribution is -2.33. The lowest BCUT2D eigenvalue weighted by Gasteiger charge is -2.07. The molecule has 0 saturated carbocycles. The fourth-order valence-electron chi connectivity index (χ4n) is 0.672. The Morgan fingerprint density at radius 2 is 2.36 bits per heavy atom. The number of carbonyl (C=O) groups excluding carboxylic acids is 1. The fraction of sp³-hybridized carbons (Fsp3) is 0.167. The van der Waals surface area contributed by atoms with Crippen molar-refractivity contribution in [1.29, 1.82) is 5.41 Å². The molecule has 1 atom stereocenters. The highest BCUT2D eigenvalue weighted by atomic mass is 35.5. The maximum atomic E-state index is 10.8. The van der Waals surface area contributed by atoms with Crippen LogP contribution in [0.25, 0.3) is 0 Å². The molecular formula is C6H8ClN3O. The maximum absolute atomic E-state index is 10.8. The van der Waals surface area contributed by atoms with E-state index in [9.17, 15) is 4.79 Å². The van der Waals surface area contributed by atoms with E-state index in [1.54, 1.807) is 0 Å². The highest BCUT2D eigenvalue weighted by molar-refractivity contribution is 6.14. The van der Waals surface area contributed by atoms with Crippen molar-refractivity contribution in [2.24, 2.45) is 10.7 Å². The van der Waals surface area contributed by atoms with Crippen LogP contribution in [0.2, 0.25) is 0 Å². The number of nitrogens with two attached hydrogens (primary N) is 1. The highest BCUT2D eigenvalue weighted by Crippen LogP contribution is 1.97. The van der Waals surface area contributed by atoms with Gasteiger partial charge in [-0.1, -0.05) is 0 Å². The molecule has 0 aromatic heterocycles. The largest absolute Gasteiger partial charge is 0.385 e. The second-order valence-corrected chi connectivity index (χ2v) is 1.92. The number of nitrogens with zero attached hydrogens (tertiary/aromatic N) is 1. The first-order valence-electron chi connectivity index (χ1n) is 2.79. The van der Waals surface area contributed by atoms with Crippen LogP contribution in [0.15, 0.2) is 17.1 Å². The number of hydrogen-bond acceptors (Lipinski definition) is 3. The third-order valence-corrected chi connectivity index (χ3v) is 1.15. The molecule has 0 radical (unpaired) electrons. The molecule has 1 aliphatic heterocycles. The van der Waals surface area contributed by atoms with Gasteiger partial charge < -0.3 is 5.73 Å². The molecule has 1 rings (SSSR count). The molecule has 0 aromatic carbocycles. The molecule has 0 saturated heterocycles. The van der Waals surface area contributed by atoms with Gasteiger partial charge in [0.05, 0.1) is 0 Å². The minimum Gasteiger partial charge on any atom is -0.385 e. The van der Waals surface area contributed by atoms with E-state index in [4.69, 9.17) is 11.1 Å². The van der Waals surface area contributed by atoms with Crippen molar-refractivity contribution in [1.82, 2.24) is 0 Å². The van der Waals surface area contributed by atoms with E-state index in [1.165, 1.54) is 18.4 Å². The third-order valence-electron chi connectivity index (χ3n) is 1.15. The van der Waals surface area contributed by atoms with Crippen LogP contribution in [0, 0.1) is 5.41 Å². The van der Waals surface area contributed by atoms with E-state index in [1.807, 2.05) is 0 Å². The molecule has 0 spiro atoms. The van der Waals surface area contributed by atoms with Crippen LogP contribution in [0.5, 0.6) is 0 Å². The normalized spacial score (nSPS) is 21.1. The van der Waals surface area contributed by atoms with Crippen LogP contribution in [0.1, 0.15) is 0 Å². The van der Waals surface area contributed by atoms with Gasteiger partial charge in [0.2, 0.25) is 0 Å². The SMILES string of the molecule is Cl.N=C(N)C1N=CC=CC1=O. The quantitative estimate of drug-likeness (QED) is 0.430. The average molecular weight is 174 g/mol. The Morgan fingerprint density at radius 1 is 1.73 bits per heavy atom. The van der Waals surface area contributed by atoms with Crippen molar-refractivity contribution in [3.8, 4) is 0 Å². The Labute approximate surface area is 70.1 Å².